The normalized spacial score (nSPS) is 13.0. The van der Waals surface area contributed by atoms with Crippen molar-refractivity contribution in [1.29, 1.82) is 0 Å². The summed E-state index contributed by atoms with van der Waals surface area (Å²) in [6, 6.07) is 65.5. The van der Waals surface area contributed by atoms with E-state index in [0.29, 0.717) is 0 Å². The van der Waals surface area contributed by atoms with Crippen LogP contribution in [0.1, 0.15) is 36.1 Å². The smallest absolute Gasteiger partial charge is 0.0468 e. The van der Waals surface area contributed by atoms with Crippen molar-refractivity contribution in [1.82, 2.24) is 0 Å². The molecule has 0 fully saturated rings. The predicted molar refractivity (Wildman–Crippen MR) is 232 cm³/mol. The van der Waals surface area contributed by atoms with Crippen LogP contribution in [0.3, 0.4) is 0 Å². The van der Waals surface area contributed by atoms with E-state index in [1.54, 1.807) is 0 Å². The van der Waals surface area contributed by atoms with Gasteiger partial charge >= 0.3 is 0 Å². The highest BCUT2D eigenvalue weighted by atomic mass is 15.1. The Morgan fingerprint density at radius 3 is 1.46 bits per heavy atom. The standard InChI is InChI=1S/C53H41N/c1-34-13-11-15-40(29-34)54(41-16-12-14-35(2)30-41)42-27-25-36-31-38(24-23-37(36)32-42)51-44-18-5-7-20-46(44)52(47-21-8-6-19-45(47)51)39-26-28-50-48(33-39)43-17-9-10-22-49(43)53(50,3)4/h5-33H,1-4H3. The summed E-state index contributed by atoms with van der Waals surface area (Å²) >= 11 is 0. The SMILES string of the molecule is Cc1cccc(N(c2cccc(C)c2)c2ccc3cc(-c4c5ccccc5c(-c5ccc6c(c5)-c5ccccc5C6(C)C)c5ccccc45)ccc3c2)c1. The molecule has 0 atom stereocenters. The summed E-state index contributed by atoms with van der Waals surface area (Å²) in [7, 11) is 0. The van der Waals surface area contributed by atoms with Crippen LogP contribution < -0.4 is 4.90 Å². The van der Waals surface area contributed by atoms with Gasteiger partial charge in [0.25, 0.3) is 0 Å². The molecule has 1 aliphatic rings. The average molecular weight is 692 g/mol. The summed E-state index contributed by atoms with van der Waals surface area (Å²) in [6.07, 6.45) is 0. The molecule has 54 heavy (non-hydrogen) atoms. The van der Waals surface area contributed by atoms with Crippen LogP contribution in [0.5, 0.6) is 0 Å². The Morgan fingerprint density at radius 1 is 0.370 bits per heavy atom. The third-order valence-corrected chi connectivity index (χ3v) is 11.7. The molecule has 0 amide bonds. The van der Waals surface area contributed by atoms with E-state index in [1.165, 1.54) is 88.0 Å². The highest BCUT2D eigenvalue weighted by Crippen LogP contribution is 2.51. The summed E-state index contributed by atoms with van der Waals surface area (Å²) in [4.78, 5) is 2.37. The molecule has 0 aliphatic heterocycles. The van der Waals surface area contributed by atoms with Gasteiger partial charge in [-0.25, -0.2) is 0 Å². The van der Waals surface area contributed by atoms with Crippen LogP contribution in [0.25, 0.3) is 65.7 Å². The molecule has 0 radical (unpaired) electrons. The number of anilines is 3. The van der Waals surface area contributed by atoms with Gasteiger partial charge in [-0.1, -0.05) is 141 Å². The first-order valence-corrected chi connectivity index (χ1v) is 19.0. The third kappa shape index (κ3) is 5.07. The molecule has 0 unspecified atom stereocenters. The van der Waals surface area contributed by atoms with Gasteiger partial charge in [0, 0.05) is 22.5 Å². The van der Waals surface area contributed by atoms with Crippen LogP contribution >= 0.6 is 0 Å². The van der Waals surface area contributed by atoms with Crippen molar-refractivity contribution in [2.24, 2.45) is 0 Å². The van der Waals surface area contributed by atoms with Crippen LogP contribution in [0, 0.1) is 13.8 Å². The molecule has 0 saturated heterocycles. The minimum Gasteiger partial charge on any atom is -0.310 e. The van der Waals surface area contributed by atoms with Crippen LogP contribution in [-0.4, -0.2) is 0 Å². The minimum absolute atomic E-state index is 0.0191. The number of rotatable bonds is 5. The third-order valence-electron chi connectivity index (χ3n) is 11.7. The predicted octanol–water partition coefficient (Wildman–Crippen LogP) is 14.9. The summed E-state index contributed by atoms with van der Waals surface area (Å²) in [5.74, 6) is 0. The Hall–Kier alpha value is -6.44. The van der Waals surface area contributed by atoms with E-state index < -0.39 is 0 Å². The van der Waals surface area contributed by atoms with Gasteiger partial charge in [0.15, 0.2) is 0 Å². The minimum atomic E-state index is -0.0191. The Labute approximate surface area is 317 Å². The van der Waals surface area contributed by atoms with Gasteiger partial charge in [-0.2, -0.15) is 0 Å². The first-order chi connectivity index (χ1) is 26.3. The van der Waals surface area contributed by atoms with Crippen molar-refractivity contribution < 1.29 is 0 Å². The molecule has 0 heterocycles. The van der Waals surface area contributed by atoms with Crippen molar-refractivity contribution in [3.8, 4) is 33.4 Å². The number of hydrogen-bond donors (Lipinski definition) is 0. The maximum Gasteiger partial charge on any atom is 0.0468 e. The maximum absolute atomic E-state index is 2.45. The number of aryl methyl sites for hydroxylation is 2. The molecule has 1 nitrogen and oxygen atoms in total. The van der Waals surface area contributed by atoms with Gasteiger partial charge in [-0.05, 0) is 150 Å². The largest absolute Gasteiger partial charge is 0.310 e. The summed E-state index contributed by atoms with van der Waals surface area (Å²) in [6.45, 7) is 9.02. The summed E-state index contributed by atoms with van der Waals surface area (Å²) < 4.78 is 0. The molecule has 258 valence electrons. The van der Waals surface area contributed by atoms with E-state index in [4.69, 9.17) is 0 Å². The second-order valence-electron chi connectivity index (χ2n) is 15.5. The lowest BCUT2D eigenvalue weighted by atomic mass is 9.81. The molecule has 0 saturated carbocycles. The number of hydrogen-bond acceptors (Lipinski definition) is 1. The topological polar surface area (TPSA) is 3.24 Å². The van der Waals surface area contributed by atoms with Crippen molar-refractivity contribution in [2.75, 3.05) is 4.90 Å². The fraction of sp³-hybridized carbons (Fsp3) is 0.0943. The van der Waals surface area contributed by atoms with Gasteiger partial charge in [0.05, 0.1) is 0 Å². The lowest BCUT2D eigenvalue weighted by Crippen LogP contribution is -2.14. The average Bonchev–Trinajstić information content (AvgIpc) is 3.42. The number of nitrogens with zero attached hydrogens (tertiary/aromatic N) is 1. The second kappa shape index (κ2) is 12.3. The second-order valence-corrected chi connectivity index (χ2v) is 15.5. The number of fused-ring (bicyclic) bond motifs is 6. The van der Waals surface area contributed by atoms with E-state index in [1.807, 2.05) is 0 Å². The molecular formula is C53H41N. The fourth-order valence-electron chi connectivity index (χ4n) is 9.14. The van der Waals surface area contributed by atoms with Gasteiger partial charge in [0.2, 0.25) is 0 Å². The Balaban J connectivity index is 1.13. The van der Waals surface area contributed by atoms with E-state index in [-0.39, 0.29) is 5.41 Å². The fourth-order valence-corrected chi connectivity index (χ4v) is 9.14. The van der Waals surface area contributed by atoms with Crippen LogP contribution in [-0.2, 0) is 5.41 Å². The first-order valence-electron chi connectivity index (χ1n) is 19.0. The van der Waals surface area contributed by atoms with E-state index in [0.717, 1.165) is 17.1 Å². The molecule has 9 aromatic carbocycles. The van der Waals surface area contributed by atoms with E-state index in [2.05, 4.69) is 209 Å². The molecule has 0 spiro atoms. The van der Waals surface area contributed by atoms with Crippen molar-refractivity contribution in [3.05, 3.63) is 198 Å². The van der Waals surface area contributed by atoms with Gasteiger partial charge in [-0.3, -0.25) is 0 Å². The molecule has 9 aromatic rings. The Kier molecular flexibility index (Phi) is 7.35. The highest BCUT2D eigenvalue weighted by molar-refractivity contribution is 6.22. The molecule has 10 rings (SSSR count). The summed E-state index contributed by atoms with van der Waals surface area (Å²) in [5, 5.41) is 7.54. The monoisotopic (exact) mass is 691 g/mol. The maximum atomic E-state index is 2.45. The Bertz CT molecular complexity index is 2840. The quantitative estimate of drug-likeness (QED) is 0.162. The number of benzene rings is 9. The summed E-state index contributed by atoms with van der Waals surface area (Å²) in [5.41, 5.74) is 16.5. The lowest BCUT2D eigenvalue weighted by molar-refractivity contribution is 0.660. The van der Waals surface area contributed by atoms with E-state index in [9.17, 15) is 0 Å². The van der Waals surface area contributed by atoms with Crippen LogP contribution in [0.15, 0.2) is 176 Å². The zero-order chi connectivity index (χ0) is 36.6. The van der Waals surface area contributed by atoms with Crippen LogP contribution in [0.4, 0.5) is 17.1 Å². The first kappa shape index (κ1) is 32.2. The van der Waals surface area contributed by atoms with Gasteiger partial charge < -0.3 is 4.90 Å². The lowest BCUT2D eigenvalue weighted by Gasteiger charge is -2.26. The molecule has 0 bridgehead atoms. The molecular weight excluding hydrogens is 651 g/mol. The van der Waals surface area contributed by atoms with Crippen molar-refractivity contribution in [2.45, 2.75) is 33.1 Å². The molecule has 1 aliphatic carbocycles. The van der Waals surface area contributed by atoms with Gasteiger partial charge in [-0.15, -0.1) is 0 Å². The zero-order valence-electron chi connectivity index (χ0n) is 31.2. The highest BCUT2D eigenvalue weighted by Gasteiger charge is 2.35. The van der Waals surface area contributed by atoms with Crippen LogP contribution in [0.2, 0.25) is 0 Å². The van der Waals surface area contributed by atoms with E-state index >= 15 is 0 Å². The molecule has 0 N–H and O–H groups in total. The zero-order valence-corrected chi connectivity index (χ0v) is 31.2. The van der Waals surface area contributed by atoms with Crippen molar-refractivity contribution >= 4 is 49.4 Å². The molecule has 1 heteroatoms. The van der Waals surface area contributed by atoms with Crippen molar-refractivity contribution in [3.63, 3.8) is 0 Å². The Morgan fingerprint density at radius 2 is 0.852 bits per heavy atom. The molecule has 0 aromatic heterocycles. The van der Waals surface area contributed by atoms with Gasteiger partial charge in [0.1, 0.15) is 0 Å².